The molecule has 0 aliphatic rings. The molecule has 1 atom stereocenters. The molecule has 0 saturated carbocycles. The fraction of sp³-hybridized carbons (Fsp3) is 0.438. The van der Waals surface area contributed by atoms with Crippen molar-refractivity contribution >= 4 is 16.8 Å². The summed E-state index contributed by atoms with van der Waals surface area (Å²) in [7, 11) is 0. The van der Waals surface area contributed by atoms with E-state index < -0.39 is 12.0 Å². The number of fused-ring (bicyclic) bond motifs is 1. The van der Waals surface area contributed by atoms with Crippen LogP contribution in [0.4, 0.5) is 0 Å². The number of aromatic nitrogens is 2. The zero-order chi connectivity index (χ0) is 16.1. The molecule has 1 amide bonds. The van der Waals surface area contributed by atoms with Crippen LogP contribution in [-0.4, -0.2) is 33.6 Å². The number of aliphatic hydroxyl groups excluding tert-OH is 1. The van der Waals surface area contributed by atoms with Crippen LogP contribution in [0.1, 0.15) is 37.3 Å². The monoisotopic (exact) mass is 303 g/mol. The van der Waals surface area contributed by atoms with Crippen LogP contribution in [0, 0.1) is 5.92 Å². The Morgan fingerprint density at radius 3 is 2.68 bits per heavy atom. The summed E-state index contributed by atoms with van der Waals surface area (Å²) in [5.74, 6) is -0.391. The smallest absolute Gasteiger partial charge is 0.287 e. The predicted molar refractivity (Wildman–Crippen MR) is 84.8 cm³/mol. The number of rotatable bonds is 6. The van der Waals surface area contributed by atoms with Crippen LogP contribution >= 0.6 is 0 Å². The molecule has 0 bridgehead atoms. The Hall–Kier alpha value is -2.21. The lowest BCUT2D eigenvalue weighted by Crippen LogP contribution is -2.37. The van der Waals surface area contributed by atoms with Crippen LogP contribution in [0.5, 0.6) is 0 Å². The SMILES string of the molecule is CCC(CC)C(O)CNC(=O)c1nc2ccccc2c(=O)[nH]1. The van der Waals surface area contributed by atoms with E-state index >= 15 is 0 Å². The lowest BCUT2D eigenvalue weighted by atomic mass is 9.96. The first-order valence-corrected chi connectivity index (χ1v) is 7.52. The van der Waals surface area contributed by atoms with E-state index in [1.165, 1.54) is 0 Å². The van der Waals surface area contributed by atoms with Crippen LogP contribution < -0.4 is 10.9 Å². The van der Waals surface area contributed by atoms with Crippen molar-refractivity contribution in [1.29, 1.82) is 0 Å². The van der Waals surface area contributed by atoms with Crippen molar-refractivity contribution in [3.63, 3.8) is 0 Å². The van der Waals surface area contributed by atoms with Gasteiger partial charge in [0, 0.05) is 6.54 Å². The number of amides is 1. The first-order valence-electron chi connectivity index (χ1n) is 7.52. The molecule has 0 aliphatic heterocycles. The summed E-state index contributed by atoms with van der Waals surface area (Å²) in [5, 5.41) is 13.1. The third-order valence-electron chi connectivity index (χ3n) is 3.89. The third kappa shape index (κ3) is 3.51. The highest BCUT2D eigenvalue weighted by Crippen LogP contribution is 2.12. The zero-order valence-electron chi connectivity index (χ0n) is 12.8. The molecular formula is C16H21N3O3. The fourth-order valence-electron chi connectivity index (χ4n) is 2.47. The van der Waals surface area contributed by atoms with E-state index in [2.05, 4.69) is 15.3 Å². The summed E-state index contributed by atoms with van der Waals surface area (Å²) >= 11 is 0. The van der Waals surface area contributed by atoms with E-state index in [4.69, 9.17) is 0 Å². The summed E-state index contributed by atoms with van der Waals surface area (Å²) in [6, 6.07) is 6.83. The lowest BCUT2D eigenvalue weighted by molar-refractivity contribution is 0.0809. The summed E-state index contributed by atoms with van der Waals surface area (Å²) in [4.78, 5) is 30.6. The maximum atomic E-state index is 12.1. The normalized spacial score (nSPS) is 12.5. The van der Waals surface area contributed by atoms with Crippen molar-refractivity contribution in [3.05, 3.63) is 40.4 Å². The van der Waals surface area contributed by atoms with Gasteiger partial charge >= 0.3 is 0 Å². The third-order valence-corrected chi connectivity index (χ3v) is 3.89. The van der Waals surface area contributed by atoms with Gasteiger partial charge in [-0.25, -0.2) is 4.98 Å². The largest absolute Gasteiger partial charge is 0.391 e. The molecular weight excluding hydrogens is 282 g/mol. The molecule has 1 unspecified atom stereocenters. The average Bonchev–Trinajstić information content (AvgIpc) is 2.53. The molecule has 0 spiro atoms. The lowest BCUT2D eigenvalue weighted by Gasteiger charge is -2.20. The molecule has 0 fully saturated rings. The van der Waals surface area contributed by atoms with Gasteiger partial charge in [-0.2, -0.15) is 0 Å². The summed E-state index contributed by atoms with van der Waals surface area (Å²) in [6.45, 7) is 4.14. The van der Waals surface area contributed by atoms with Gasteiger partial charge in [0.05, 0.1) is 17.0 Å². The Bertz CT molecular complexity index is 707. The van der Waals surface area contributed by atoms with Crippen molar-refractivity contribution < 1.29 is 9.90 Å². The van der Waals surface area contributed by atoms with E-state index in [0.29, 0.717) is 10.9 Å². The van der Waals surface area contributed by atoms with Crippen molar-refractivity contribution in [2.24, 2.45) is 5.92 Å². The first-order chi connectivity index (χ1) is 10.6. The number of para-hydroxylation sites is 1. The fourth-order valence-corrected chi connectivity index (χ4v) is 2.47. The number of benzene rings is 1. The molecule has 1 aromatic heterocycles. The number of hydrogen-bond donors (Lipinski definition) is 3. The molecule has 0 aliphatic carbocycles. The average molecular weight is 303 g/mol. The van der Waals surface area contributed by atoms with Crippen LogP contribution in [0.2, 0.25) is 0 Å². The number of aromatic amines is 1. The van der Waals surface area contributed by atoms with Gasteiger partial charge in [-0.05, 0) is 18.1 Å². The maximum absolute atomic E-state index is 12.1. The molecule has 0 radical (unpaired) electrons. The molecule has 2 rings (SSSR count). The van der Waals surface area contributed by atoms with Gasteiger partial charge in [-0.1, -0.05) is 38.8 Å². The standard InChI is InChI=1S/C16H21N3O3/c1-3-10(4-2)13(20)9-17-16(22)14-18-12-8-6-5-7-11(12)15(21)19-14/h5-8,10,13,20H,3-4,9H2,1-2H3,(H,17,22)(H,18,19,21). The van der Waals surface area contributed by atoms with Crippen molar-refractivity contribution in [3.8, 4) is 0 Å². The van der Waals surface area contributed by atoms with Gasteiger partial charge in [-0.15, -0.1) is 0 Å². The van der Waals surface area contributed by atoms with Crippen molar-refractivity contribution in [2.75, 3.05) is 6.54 Å². The van der Waals surface area contributed by atoms with Crippen LogP contribution in [0.25, 0.3) is 10.9 Å². The number of carbonyl (C=O) groups is 1. The summed E-state index contributed by atoms with van der Waals surface area (Å²) in [6.07, 6.45) is 1.09. The molecule has 2 aromatic rings. The second-order valence-corrected chi connectivity index (χ2v) is 5.29. The van der Waals surface area contributed by atoms with E-state index in [9.17, 15) is 14.7 Å². The van der Waals surface area contributed by atoms with Crippen LogP contribution in [-0.2, 0) is 0 Å². The maximum Gasteiger partial charge on any atom is 0.287 e. The minimum atomic E-state index is -0.605. The number of hydrogen-bond acceptors (Lipinski definition) is 4. The molecule has 22 heavy (non-hydrogen) atoms. The van der Waals surface area contributed by atoms with E-state index in [0.717, 1.165) is 12.8 Å². The second kappa shape index (κ2) is 7.17. The highest BCUT2D eigenvalue weighted by Gasteiger charge is 2.18. The van der Waals surface area contributed by atoms with Crippen molar-refractivity contribution in [1.82, 2.24) is 15.3 Å². The van der Waals surface area contributed by atoms with Gasteiger partial charge in [0.2, 0.25) is 0 Å². The molecule has 0 saturated heterocycles. The van der Waals surface area contributed by atoms with Gasteiger partial charge < -0.3 is 15.4 Å². The van der Waals surface area contributed by atoms with E-state index in [1.54, 1.807) is 24.3 Å². The number of H-pyrrole nitrogens is 1. The Morgan fingerprint density at radius 2 is 2.00 bits per heavy atom. The molecule has 3 N–H and O–H groups in total. The van der Waals surface area contributed by atoms with E-state index in [1.807, 2.05) is 13.8 Å². The Morgan fingerprint density at radius 1 is 1.32 bits per heavy atom. The topological polar surface area (TPSA) is 95.1 Å². The summed E-state index contributed by atoms with van der Waals surface area (Å²) in [5.41, 5.74) is 0.119. The second-order valence-electron chi connectivity index (χ2n) is 5.29. The minimum Gasteiger partial charge on any atom is -0.391 e. The minimum absolute atomic E-state index is 0.0413. The molecule has 118 valence electrons. The van der Waals surface area contributed by atoms with Gasteiger partial charge in [0.1, 0.15) is 0 Å². The molecule has 1 heterocycles. The Kier molecular flexibility index (Phi) is 5.27. The molecule has 6 heteroatoms. The van der Waals surface area contributed by atoms with Crippen LogP contribution in [0.3, 0.4) is 0 Å². The van der Waals surface area contributed by atoms with Crippen LogP contribution in [0.15, 0.2) is 29.1 Å². The molecule has 1 aromatic carbocycles. The highest BCUT2D eigenvalue weighted by molar-refractivity contribution is 5.92. The quantitative estimate of drug-likeness (QED) is 0.752. The molecule has 6 nitrogen and oxygen atoms in total. The van der Waals surface area contributed by atoms with E-state index in [-0.39, 0.29) is 23.8 Å². The Balaban J connectivity index is 2.12. The number of aliphatic hydroxyl groups is 1. The number of nitrogens with zero attached hydrogens (tertiary/aromatic N) is 1. The zero-order valence-corrected chi connectivity index (χ0v) is 12.8. The van der Waals surface area contributed by atoms with Gasteiger partial charge in [0.25, 0.3) is 11.5 Å². The van der Waals surface area contributed by atoms with Gasteiger partial charge in [-0.3, -0.25) is 9.59 Å². The predicted octanol–water partition coefficient (Wildman–Crippen LogP) is 1.45. The first kappa shape index (κ1) is 16.2. The summed E-state index contributed by atoms with van der Waals surface area (Å²) < 4.78 is 0. The Labute approximate surface area is 128 Å². The van der Waals surface area contributed by atoms with Crippen molar-refractivity contribution in [2.45, 2.75) is 32.8 Å². The number of carbonyl (C=O) groups excluding carboxylic acids is 1. The highest BCUT2D eigenvalue weighted by atomic mass is 16.3. The number of nitrogens with one attached hydrogen (secondary N) is 2. The van der Waals surface area contributed by atoms with Gasteiger partial charge in [0.15, 0.2) is 5.82 Å².